The Bertz CT molecular complexity index is 1360. The van der Waals surface area contributed by atoms with Crippen molar-refractivity contribution >= 4 is 40.0 Å². The number of ether oxygens (including phenoxy) is 1. The standard InChI is InChI=1S/C27H26N4O4/c1-16(32)30-18-6-8-19(9-7-18)31-15-27-12-10-22(35-27)23(24(27)26(31)34)25(33)28-13-11-17-14-29-21-5-3-2-4-20(17)21/h2-10,12,14,22-24,29H,11,13,15H2,1H3,(H,28,33)(H,30,32)/t22-,23+,24-,27-/m1/s1. The van der Waals surface area contributed by atoms with Crippen molar-refractivity contribution in [3.05, 3.63) is 72.4 Å². The smallest absolute Gasteiger partial charge is 0.234 e. The summed E-state index contributed by atoms with van der Waals surface area (Å²) in [6.45, 7) is 2.29. The van der Waals surface area contributed by atoms with Gasteiger partial charge >= 0.3 is 0 Å². The van der Waals surface area contributed by atoms with Crippen molar-refractivity contribution in [2.45, 2.75) is 25.0 Å². The molecule has 178 valence electrons. The first kappa shape index (κ1) is 21.6. The Hall–Kier alpha value is -3.91. The van der Waals surface area contributed by atoms with Crippen molar-refractivity contribution in [2.24, 2.45) is 11.8 Å². The van der Waals surface area contributed by atoms with Gasteiger partial charge in [-0.25, -0.2) is 0 Å². The molecule has 3 aliphatic heterocycles. The third-order valence-corrected chi connectivity index (χ3v) is 7.27. The molecule has 0 saturated carbocycles. The Kier molecular flexibility index (Phi) is 5.00. The van der Waals surface area contributed by atoms with E-state index in [4.69, 9.17) is 4.74 Å². The Morgan fingerprint density at radius 2 is 1.97 bits per heavy atom. The van der Waals surface area contributed by atoms with E-state index in [0.29, 0.717) is 30.9 Å². The van der Waals surface area contributed by atoms with Gasteiger partial charge in [0.05, 0.1) is 24.5 Å². The van der Waals surface area contributed by atoms with Gasteiger partial charge in [-0.15, -0.1) is 0 Å². The summed E-state index contributed by atoms with van der Waals surface area (Å²) < 4.78 is 6.23. The van der Waals surface area contributed by atoms with Gasteiger partial charge in [-0.05, 0) is 42.3 Å². The number of hydrogen-bond acceptors (Lipinski definition) is 4. The second-order valence-electron chi connectivity index (χ2n) is 9.45. The molecule has 2 saturated heterocycles. The van der Waals surface area contributed by atoms with Gasteiger partial charge < -0.3 is 25.3 Å². The number of nitrogens with zero attached hydrogens (tertiary/aromatic N) is 1. The lowest BCUT2D eigenvalue weighted by molar-refractivity contribution is -0.131. The Balaban J connectivity index is 1.16. The van der Waals surface area contributed by atoms with Crippen LogP contribution in [0.25, 0.3) is 10.9 Å². The van der Waals surface area contributed by atoms with E-state index in [1.54, 1.807) is 29.2 Å². The van der Waals surface area contributed by atoms with Crippen molar-refractivity contribution in [2.75, 3.05) is 23.3 Å². The number of rotatable bonds is 6. The minimum Gasteiger partial charge on any atom is -0.361 e. The van der Waals surface area contributed by atoms with Crippen LogP contribution in [0.3, 0.4) is 0 Å². The zero-order valence-electron chi connectivity index (χ0n) is 19.3. The zero-order valence-corrected chi connectivity index (χ0v) is 19.3. The summed E-state index contributed by atoms with van der Waals surface area (Å²) >= 11 is 0. The second-order valence-corrected chi connectivity index (χ2v) is 9.45. The van der Waals surface area contributed by atoms with E-state index in [1.807, 2.05) is 36.5 Å². The number of para-hydroxylation sites is 1. The van der Waals surface area contributed by atoms with Gasteiger partial charge in [0.25, 0.3) is 0 Å². The SMILES string of the molecule is CC(=O)Nc1ccc(N2C[C@@]34C=C[C@@H](O3)[C@H](C(=O)NCCc3c[nH]c5ccccc35)[C@@H]4C2=O)cc1. The summed E-state index contributed by atoms with van der Waals surface area (Å²) in [5, 5.41) is 6.92. The summed E-state index contributed by atoms with van der Waals surface area (Å²) in [5.74, 6) is -1.53. The maximum Gasteiger partial charge on any atom is 0.234 e. The fourth-order valence-electron chi connectivity index (χ4n) is 5.72. The largest absolute Gasteiger partial charge is 0.361 e. The van der Waals surface area contributed by atoms with Crippen molar-refractivity contribution in [1.82, 2.24) is 10.3 Å². The molecule has 8 heteroatoms. The van der Waals surface area contributed by atoms with Gasteiger partial charge in [0.1, 0.15) is 5.60 Å². The number of carbonyl (C=O) groups excluding carboxylic acids is 3. The maximum absolute atomic E-state index is 13.5. The predicted molar refractivity (Wildman–Crippen MR) is 132 cm³/mol. The average molecular weight is 471 g/mol. The van der Waals surface area contributed by atoms with Gasteiger partial charge in [0, 0.05) is 41.9 Å². The van der Waals surface area contributed by atoms with Crippen LogP contribution in [0.5, 0.6) is 0 Å². The van der Waals surface area contributed by atoms with E-state index in [-0.39, 0.29) is 23.8 Å². The maximum atomic E-state index is 13.5. The molecule has 0 unspecified atom stereocenters. The number of H-pyrrole nitrogens is 1. The van der Waals surface area contributed by atoms with Crippen molar-refractivity contribution in [3.8, 4) is 0 Å². The van der Waals surface area contributed by atoms with Crippen molar-refractivity contribution in [1.29, 1.82) is 0 Å². The molecule has 1 aromatic heterocycles. The number of nitrogens with one attached hydrogen (secondary N) is 3. The molecular formula is C27H26N4O4. The number of carbonyl (C=O) groups is 3. The van der Waals surface area contributed by atoms with E-state index in [0.717, 1.165) is 16.5 Å². The lowest BCUT2D eigenvalue weighted by Gasteiger charge is -2.23. The topological polar surface area (TPSA) is 104 Å². The Morgan fingerprint density at radius 1 is 1.17 bits per heavy atom. The second kappa shape index (κ2) is 8.09. The minimum absolute atomic E-state index is 0.110. The number of aromatic amines is 1. The molecule has 3 aromatic rings. The van der Waals surface area contributed by atoms with Gasteiger partial charge in [-0.1, -0.05) is 30.4 Å². The number of anilines is 2. The highest BCUT2D eigenvalue weighted by Gasteiger charge is 2.67. The van der Waals surface area contributed by atoms with Crippen LogP contribution in [0.2, 0.25) is 0 Å². The zero-order chi connectivity index (χ0) is 24.2. The minimum atomic E-state index is -0.781. The molecule has 4 heterocycles. The van der Waals surface area contributed by atoms with Crippen molar-refractivity contribution < 1.29 is 19.1 Å². The molecule has 1 spiro atoms. The van der Waals surface area contributed by atoms with Crippen LogP contribution in [0.4, 0.5) is 11.4 Å². The molecule has 3 N–H and O–H groups in total. The first-order valence-electron chi connectivity index (χ1n) is 11.8. The fraction of sp³-hybridized carbons (Fsp3) is 0.296. The molecule has 2 bridgehead atoms. The average Bonchev–Trinajstić information content (AvgIpc) is 3.59. The highest BCUT2D eigenvalue weighted by atomic mass is 16.5. The van der Waals surface area contributed by atoms with Gasteiger partial charge in [-0.2, -0.15) is 0 Å². The van der Waals surface area contributed by atoms with Crippen molar-refractivity contribution in [3.63, 3.8) is 0 Å². The monoisotopic (exact) mass is 470 g/mol. The number of aromatic nitrogens is 1. The van der Waals surface area contributed by atoms with Crippen LogP contribution >= 0.6 is 0 Å². The summed E-state index contributed by atoms with van der Waals surface area (Å²) in [7, 11) is 0. The van der Waals surface area contributed by atoms with E-state index < -0.39 is 17.4 Å². The highest BCUT2D eigenvalue weighted by Crippen LogP contribution is 2.52. The van der Waals surface area contributed by atoms with Crippen LogP contribution in [0.15, 0.2) is 66.9 Å². The molecule has 8 nitrogen and oxygen atoms in total. The molecule has 0 aliphatic carbocycles. The van der Waals surface area contributed by atoms with Gasteiger partial charge in [0.15, 0.2) is 0 Å². The molecule has 4 atom stereocenters. The molecule has 6 rings (SSSR count). The highest BCUT2D eigenvalue weighted by molar-refractivity contribution is 6.03. The van der Waals surface area contributed by atoms with Crippen LogP contribution < -0.4 is 15.5 Å². The fourth-order valence-corrected chi connectivity index (χ4v) is 5.72. The number of benzene rings is 2. The number of fused-ring (bicyclic) bond motifs is 2. The van der Waals surface area contributed by atoms with Crippen LogP contribution in [0.1, 0.15) is 12.5 Å². The molecule has 2 aromatic carbocycles. The number of amides is 3. The normalized spacial score (nSPS) is 26.4. The van der Waals surface area contributed by atoms with Crippen LogP contribution in [-0.4, -0.2) is 47.5 Å². The van der Waals surface area contributed by atoms with E-state index in [2.05, 4.69) is 21.7 Å². The van der Waals surface area contributed by atoms with E-state index in [1.165, 1.54) is 6.92 Å². The summed E-state index contributed by atoms with van der Waals surface area (Å²) in [4.78, 5) is 43.0. The first-order valence-corrected chi connectivity index (χ1v) is 11.8. The molecule has 3 amide bonds. The third kappa shape index (κ3) is 3.52. The van der Waals surface area contributed by atoms with E-state index in [9.17, 15) is 14.4 Å². The lowest BCUT2D eigenvalue weighted by atomic mass is 9.77. The Labute approximate surface area is 202 Å². The molecule has 2 fully saturated rings. The summed E-state index contributed by atoms with van der Waals surface area (Å²) in [6, 6.07) is 15.2. The summed E-state index contributed by atoms with van der Waals surface area (Å²) in [6.07, 6.45) is 6.14. The predicted octanol–water partition coefficient (Wildman–Crippen LogP) is 2.77. The summed E-state index contributed by atoms with van der Waals surface area (Å²) in [5.41, 5.74) is 2.82. The van der Waals surface area contributed by atoms with Crippen LogP contribution in [-0.2, 0) is 25.5 Å². The Morgan fingerprint density at radius 3 is 2.77 bits per heavy atom. The van der Waals surface area contributed by atoms with Crippen LogP contribution in [0, 0.1) is 11.8 Å². The first-order chi connectivity index (χ1) is 16.9. The molecule has 3 aliphatic rings. The number of hydrogen-bond donors (Lipinski definition) is 3. The van der Waals surface area contributed by atoms with Gasteiger partial charge in [-0.3, -0.25) is 14.4 Å². The molecule has 35 heavy (non-hydrogen) atoms. The lowest BCUT2D eigenvalue weighted by Crippen LogP contribution is -2.44. The molecular weight excluding hydrogens is 444 g/mol. The van der Waals surface area contributed by atoms with E-state index >= 15 is 0 Å². The third-order valence-electron chi connectivity index (χ3n) is 7.27. The van der Waals surface area contributed by atoms with Gasteiger partial charge in [0.2, 0.25) is 17.7 Å². The quantitative estimate of drug-likeness (QED) is 0.482. The molecule has 0 radical (unpaired) electrons.